The summed E-state index contributed by atoms with van der Waals surface area (Å²) in [5, 5.41) is 0. The van der Waals surface area contributed by atoms with Gasteiger partial charge >= 0.3 is 5.97 Å². The highest BCUT2D eigenvalue weighted by Gasteiger charge is 2.03. The smallest absolute Gasteiger partial charge is 0.305 e. The number of hydrogen-bond acceptors (Lipinski definition) is 12. The van der Waals surface area contributed by atoms with E-state index in [2.05, 4.69) is 11.8 Å². The first-order valence-corrected chi connectivity index (χ1v) is 20.7. The molecule has 0 saturated heterocycles. The molecule has 0 saturated carbocycles. The Morgan fingerprint density at radius 3 is 0.885 bits per heavy atom. The van der Waals surface area contributed by atoms with Gasteiger partial charge in [-0.15, -0.1) is 0 Å². The van der Waals surface area contributed by atoms with Gasteiger partial charge in [0.2, 0.25) is 0 Å². The molecule has 0 bridgehead atoms. The van der Waals surface area contributed by atoms with Crippen LogP contribution in [0.1, 0.15) is 110 Å². The lowest BCUT2D eigenvalue weighted by molar-refractivity contribution is -0.145. The summed E-state index contributed by atoms with van der Waals surface area (Å²) in [6.07, 6.45) is 20.3. The summed E-state index contributed by atoms with van der Waals surface area (Å²) >= 11 is 0. The molecule has 0 aromatic rings. The number of nitrogens with zero attached hydrogens (tertiary/aromatic N) is 1. The van der Waals surface area contributed by atoms with Gasteiger partial charge in [0.1, 0.15) is 6.61 Å². The van der Waals surface area contributed by atoms with Crippen LogP contribution in [0.25, 0.3) is 0 Å². The van der Waals surface area contributed by atoms with Crippen LogP contribution < -0.4 is 0 Å². The lowest BCUT2D eigenvalue weighted by Gasteiger charge is -2.10. The molecule has 0 aliphatic heterocycles. The number of ether oxygens (including phenoxy) is 10. The first kappa shape index (κ1) is 51.1. The Morgan fingerprint density at radius 2 is 0.596 bits per heavy atom. The maximum atomic E-state index is 11.9. The molecule has 312 valence electrons. The Balaban J connectivity index is 3.13. The molecule has 52 heavy (non-hydrogen) atoms. The van der Waals surface area contributed by atoms with Gasteiger partial charge in [0.25, 0.3) is 0 Å². The second-order valence-corrected chi connectivity index (χ2v) is 13.2. The standard InChI is InChI=1S/C40H81NO11/c1-4-5-6-7-8-9-10-11-12-13-14-15-16-17-18-19-40(42)52-39-38-51-37-36-50-35-34-49-33-32-48-31-30-47-29-28-46-27-26-45-25-24-44-23-22-43-21-20-41(2)3/h4-39H2,1-3H3. The molecule has 0 aliphatic carbocycles. The van der Waals surface area contributed by atoms with Crippen molar-refractivity contribution in [1.82, 2.24) is 4.90 Å². The first-order valence-electron chi connectivity index (χ1n) is 20.7. The van der Waals surface area contributed by atoms with Crippen LogP contribution in [0.3, 0.4) is 0 Å². The molecule has 0 radical (unpaired) electrons. The summed E-state index contributed by atoms with van der Waals surface area (Å²) in [5.74, 6) is -0.127. The van der Waals surface area contributed by atoms with Gasteiger partial charge in [0, 0.05) is 13.0 Å². The summed E-state index contributed by atoms with van der Waals surface area (Å²) in [7, 11) is 4.04. The minimum atomic E-state index is -0.127. The number of likely N-dealkylation sites (N-methyl/N-ethyl adjacent to an activating group) is 1. The monoisotopic (exact) mass is 752 g/mol. The van der Waals surface area contributed by atoms with Crippen molar-refractivity contribution in [2.75, 3.05) is 146 Å². The molecule has 12 nitrogen and oxygen atoms in total. The van der Waals surface area contributed by atoms with Crippen LogP contribution in [0.2, 0.25) is 0 Å². The fourth-order valence-electron chi connectivity index (χ4n) is 5.04. The average molecular weight is 752 g/mol. The fraction of sp³-hybridized carbons (Fsp3) is 0.975. The minimum Gasteiger partial charge on any atom is -0.463 e. The van der Waals surface area contributed by atoms with Crippen molar-refractivity contribution in [3.8, 4) is 0 Å². The number of carbonyl (C=O) groups is 1. The molecule has 0 heterocycles. The molecule has 12 heteroatoms. The van der Waals surface area contributed by atoms with E-state index in [0.29, 0.717) is 132 Å². The van der Waals surface area contributed by atoms with Gasteiger partial charge < -0.3 is 52.3 Å². The Hall–Kier alpha value is -0.930. The normalized spacial score (nSPS) is 11.6. The molecular weight excluding hydrogens is 670 g/mol. The van der Waals surface area contributed by atoms with E-state index in [1.54, 1.807) is 0 Å². The van der Waals surface area contributed by atoms with Crippen molar-refractivity contribution < 1.29 is 52.2 Å². The van der Waals surface area contributed by atoms with Gasteiger partial charge in [-0.3, -0.25) is 4.79 Å². The van der Waals surface area contributed by atoms with Crippen LogP contribution in [0.15, 0.2) is 0 Å². The summed E-state index contributed by atoms with van der Waals surface area (Å²) < 4.78 is 54.6. The third kappa shape index (κ3) is 47.1. The van der Waals surface area contributed by atoms with Crippen LogP contribution in [0.5, 0.6) is 0 Å². The summed E-state index contributed by atoms with van der Waals surface area (Å²) in [5.41, 5.74) is 0. The third-order valence-corrected chi connectivity index (χ3v) is 8.13. The Labute approximate surface area is 318 Å². The van der Waals surface area contributed by atoms with Gasteiger partial charge in [0.15, 0.2) is 0 Å². The van der Waals surface area contributed by atoms with Crippen molar-refractivity contribution in [1.29, 1.82) is 0 Å². The second kappa shape index (κ2) is 46.2. The van der Waals surface area contributed by atoms with Crippen molar-refractivity contribution >= 4 is 5.97 Å². The largest absolute Gasteiger partial charge is 0.463 e. The van der Waals surface area contributed by atoms with Crippen LogP contribution >= 0.6 is 0 Å². The molecule has 0 amide bonds. The molecule has 0 fully saturated rings. The minimum absolute atomic E-state index is 0.127. The Kier molecular flexibility index (Phi) is 45.4. The first-order chi connectivity index (χ1) is 25.7. The van der Waals surface area contributed by atoms with E-state index in [-0.39, 0.29) is 5.97 Å². The van der Waals surface area contributed by atoms with Crippen LogP contribution in [-0.2, 0) is 52.2 Å². The highest BCUT2D eigenvalue weighted by atomic mass is 16.6. The van der Waals surface area contributed by atoms with E-state index in [1.807, 2.05) is 14.1 Å². The van der Waals surface area contributed by atoms with Crippen molar-refractivity contribution in [2.24, 2.45) is 0 Å². The predicted octanol–water partition coefficient (Wildman–Crippen LogP) is 6.50. The average Bonchev–Trinajstić information content (AvgIpc) is 3.13. The highest BCUT2D eigenvalue weighted by molar-refractivity contribution is 5.69. The fourth-order valence-corrected chi connectivity index (χ4v) is 5.04. The van der Waals surface area contributed by atoms with Crippen molar-refractivity contribution in [2.45, 2.75) is 110 Å². The quantitative estimate of drug-likeness (QED) is 0.0500. The number of rotatable bonds is 46. The molecule has 0 aliphatic rings. The molecule has 0 aromatic heterocycles. The van der Waals surface area contributed by atoms with E-state index >= 15 is 0 Å². The number of unbranched alkanes of at least 4 members (excludes halogenated alkanes) is 14. The lowest BCUT2D eigenvalue weighted by Crippen LogP contribution is -2.19. The number of hydrogen-bond donors (Lipinski definition) is 0. The number of esters is 1. The molecule has 0 spiro atoms. The Morgan fingerprint density at radius 1 is 0.346 bits per heavy atom. The van der Waals surface area contributed by atoms with E-state index in [4.69, 9.17) is 47.4 Å². The maximum absolute atomic E-state index is 11.9. The zero-order chi connectivity index (χ0) is 37.7. The molecule has 0 unspecified atom stereocenters. The topological polar surface area (TPSA) is 113 Å². The Bertz CT molecular complexity index is 675. The SMILES string of the molecule is CCCCCCCCCCCCCCCCCC(=O)OCCOCCOCCOCCOCCOCCOCCOCCOCCOCCN(C)C. The van der Waals surface area contributed by atoms with Crippen LogP contribution in [0.4, 0.5) is 0 Å². The second-order valence-electron chi connectivity index (χ2n) is 13.2. The molecule has 0 N–H and O–H groups in total. The maximum Gasteiger partial charge on any atom is 0.305 e. The predicted molar refractivity (Wildman–Crippen MR) is 206 cm³/mol. The zero-order valence-electron chi connectivity index (χ0n) is 33.9. The van der Waals surface area contributed by atoms with E-state index < -0.39 is 0 Å². The van der Waals surface area contributed by atoms with E-state index in [9.17, 15) is 4.79 Å². The zero-order valence-corrected chi connectivity index (χ0v) is 33.9. The molecule has 0 aromatic carbocycles. The van der Waals surface area contributed by atoms with Gasteiger partial charge in [-0.05, 0) is 20.5 Å². The van der Waals surface area contributed by atoms with Crippen LogP contribution in [-0.4, -0.2) is 157 Å². The molecule has 0 rings (SSSR count). The van der Waals surface area contributed by atoms with Gasteiger partial charge in [0.05, 0.1) is 119 Å². The molecular formula is C40H81NO11. The van der Waals surface area contributed by atoms with Gasteiger partial charge in [-0.25, -0.2) is 0 Å². The summed E-state index contributed by atoms with van der Waals surface area (Å²) in [6.45, 7) is 12.9. The highest BCUT2D eigenvalue weighted by Crippen LogP contribution is 2.13. The van der Waals surface area contributed by atoms with Gasteiger partial charge in [-0.1, -0.05) is 96.8 Å². The van der Waals surface area contributed by atoms with Crippen molar-refractivity contribution in [3.05, 3.63) is 0 Å². The summed E-state index contributed by atoms with van der Waals surface area (Å²) in [4.78, 5) is 14.0. The van der Waals surface area contributed by atoms with Crippen LogP contribution in [0, 0.1) is 0 Å². The van der Waals surface area contributed by atoms with E-state index in [0.717, 1.165) is 19.4 Å². The third-order valence-electron chi connectivity index (χ3n) is 8.13. The van der Waals surface area contributed by atoms with Gasteiger partial charge in [-0.2, -0.15) is 0 Å². The number of carbonyl (C=O) groups excluding carboxylic acids is 1. The van der Waals surface area contributed by atoms with E-state index in [1.165, 1.54) is 83.5 Å². The van der Waals surface area contributed by atoms with Crippen molar-refractivity contribution in [3.63, 3.8) is 0 Å². The summed E-state index contributed by atoms with van der Waals surface area (Å²) in [6, 6.07) is 0. The lowest BCUT2D eigenvalue weighted by atomic mass is 10.0. The molecule has 0 atom stereocenters.